The number of rotatable bonds is 5. The summed E-state index contributed by atoms with van der Waals surface area (Å²) in [5.74, 6) is -0.994. The van der Waals surface area contributed by atoms with Crippen LogP contribution in [0.1, 0.15) is 31.2 Å². The van der Waals surface area contributed by atoms with Crippen molar-refractivity contribution < 1.29 is 33.4 Å². The first-order valence-electron chi connectivity index (χ1n) is 9.13. The molecule has 3 rings (SSSR count). The topological polar surface area (TPSA) is 83.5 Å². The van der Waals surface area contributed by atoms with Gasteiger partial charge in [0.25, 0.3) is 0 Å². The van der Waals surface area contributed by atoms with E-state index in [0.29, 0.717) is 42.3 Å². The Hall–Kier alpha value is -2.03. The molecule has 2 fully saturated rings. The van der Waals surface area contributed by atoms with Gasteiger partial charge in [0.05, 0.1) is 20.8 Å². The summed E-state index contributed by atoms with van der Waals surface area (Å²) < 4.78 is 21.8. The van der Waals surface area contributed by atoms with Crippen LogP contribution in [-0.4, -0.2) is 62.8 Å². The van der Waals surface area contributed by atoms with Crippen LogP contribution in [0.15, 0.2) is 18.2 Å². The van der Waals surface area contributed by atoms with Crippen LogP contribution in [0.2, 0.25) is 5.02 Å². The highest BCUT2D eigenvalue weighted by molar-refractivity contribution is 6.32. The number of nitrogens with zero attached hydrogens (tertiary/aromatic N) is 1. The van der Waals surface area contributed by atoms with Crippen LogP contribution < -0.4 is 4.74 Å². The lowest BCUT2D eigenvalue weighted by Gasteiger charge is -2.40. The lowest BCUT2D eigenvalue weighted by atomic mass is 9.80. The van der Waals surface area contributed by atoms with Gasteiger partial charge in [-0.15, -0.1) is 0 Å². The number of piperidine rings is 1. The van der Waals surface area contributed by atoms with Crippen LogP contribution in [0.4, 0.5) is 4.79 Å². The van der Waals surface area contributed by atoms with E-state index in [4.69, 9.17) is 35.4 Å². The molecule has 9 heteroatoms. The van der Waals surface area contributed by atoms with Crippen molar-refractivity contribution in [1.82, 2.24) is 5.06 Å². The van der Waals surface area contributed by atoms with E-state index in [-0.39, 0.29) is 6.61 Å². The third kappa shape index (κ3) is 3.76. The Morgan fingerprint density at radius 2 is 2.04 bits per heavy atom. The van der Waals surface area contributed by atoms with Gasteiger partial charge in [-0.2, -0.15) is 5.06 Å². The smallest absolute Gasteiger partial charge is 0.496 e. The van der Waals surface area contributed by atoms with E-state index in [0.717, 1.165) is 0 Å². The molecule has 0 aliphatic carbocycles. The van der Waals surface area contributed by atoms with Crippen LogP contribution in [0.25, 0.3) is 0 Å². The van der Waals surface area contributed by atoms with Gasteiger partial charge >= 0.3 is 12.1 Å². The number of hydrogen-bond donors (Lipinski definition) is 0. The first-order valence-corrected chi connectivity index (χ1v) is 9.51. The average molecular weight is 414 g/mol. The fourth-order valence-corrected chi connectivity index (χ4v) is 4.16. The molecule has 0 saturated carbocycles. The average Bonchev–Trinajstić information content (AvgIpc) is 2.93. The van der Waals surface area contributed by atoms with E-state index in [2.05, 4.69) is 0 Å². The van der Waals surface area contributed by atoms with Gasteiger partial charge < -0.3 is 23.8 Å². The Morgan fingerprint density at radius 1 is 1.32 bits per heavy atom. The van der Waals surface area contributed by atoms with Gasteiger partial charge in [-0.25, -0.2) is 4.79 Å². The van der Waals surface area contributed by atoms with Gasteiger partial charge in [0.1, 0.15) is 11.7 Å². The lowest BCUT2D eigenvalue weighted by molar-refractivity contribution is -0.193. The van der Waals surface area contributed by atoms with E-state index in [1.54, 1.807) is 37.3 Å². The molecular weight excluding hydrogens is 390 g/mol. The van der Waals surface area contributed by atoms with Crippen molar-refractivity contribution in [2.24, 2.45) is 0 Å². The molecule has 1 aromatic rings. The van der Waals surface area contributed by atoms with Gasteiger partial charge in [0.15, 0.2) is 11.7 Å². The summed E-state index contributed by atoms with van der Waals surface area (Å²) in [6, 6.07) is 5.08. The molecular formula is C19H24ClNO7. The number of carbonyl (C=O) groups is 2. The maximum atomic E-state index is 13.0. The van der Waals surface area contributed by atoms with Crippen molar-refractivity contribution in [3.8, 4) is 5.75 Å². The standard InChI is InChI=1S/C19H24ClNO7/c1-4-26-18(23)27-16-15(14-12(20)6-5-7-13(14)24-2)17(22)28-19(16)8-10-21(25-3)11-9-19/h5-7,15-16H,4,8-11H2,1-3H3. The number of hydrogen-bond acceptors (Lipinski definition) is 8. The Labute approximate surface area is 168 Å². The summed E-state index contributed by atoms with van der Waals surface area (Å²) in [5, 5.41) is 2.11. The van der Waals surface area contributed by atoms with Crippen molar-refractivity contribution in [2.75, 3.05) is 33.9 Å². The van der Waals surface area contributed by atoms with Gasteiger partial charge in [-0.05, 0) is 19.1 Å². The summed E-state index contributed by atoms with van der Waals surface area (Å²) in [7, 11) is 3.08. The van der Waals surface area contributed by atoms with E-state index in [1.807, 2.05) is 0 Å². The van der Waals surface area contributed by atoms with Crippen molar-refractivity contribution in [2.45, 2.75) is 37.4 Å². The van der Waals surface area contributed by atoms with Crippen LogP contribution in [0, 0.1) is 0 Å². The number of halogens is 1. The number of methoxy groups -OCH3 is 1. The summed E-state index contributed by atoms with van der Waals surface area (Å²) in [5.41, 5.74) is -0.537. The molecule has 1 aromatic carbocycles. The van der Waals surface area contributed by atoms with Gasteiger partial charge in [0, 0.05) is 36.5 Å². The van der Waals surface area contributed by atoms with Gasteiger partial charge in [-0.1, -0.05) is 17.7 Å². The zero-order valence-electron chi connectivity index (χ0n) is 16.1. The maximum absolute atomic E-state index is 13.0. The molecule has 0 N–H and O–H groups in total. The Morgan fingerprint density at radius 3 is 2.64 bits per heavy atom. The molecule has 8 nitrogen and oxygen atoms in total. The molecule has 154 valence electrons. The first kappa shape index (κ1) is 20.7. The number of carbonyl (C=O) groups excluding carboxylic acids is 2. The molecule has 0 amide bonds. The molecule has 0 bridgehead atoms. The third-order valence-corrected chi connectivity index (χ3v) is 5.56. The molecule has 2 atom stereocenters. The predicted octanol–water partition coefficient (Wildman–Crippen LogP) is 2.93. The second-order valence-corrected chi connectivity index (χ2v) is 7.06. The SMILES string of the molecule is CCOC(=O)OC1C(c2c(Cl)cccc2OC)C(=O)OC12CCN(OC)CC2. The minimum atomic E-state index is -0.978. The summed E-state index contributed by atoms with van der Waals surface area (Å²) in [6.07, 6.45) is -0.859. The number of hydroxylamine groups is 2. The second kappa shape index (κ2) is 8.55. The van der Waals surface area contributed by atoms with E-state index < -0.39 is 29.7 Å². The zero-order chi connectivity index (χ0) is 20.3. The highest BCUT2D eigenvalue weighted by Crippen LogP contribution is 2.49. The summed E-state index contributed by atoms with van der Waals surface area (Å²) >= 11 is 6.40. The molecule has 2 aliphatic rings. The molecule has 0 aromatic heterocycles. The van der Waals surface area contributed by atoms with Gasteiger partial charge in [0.2, 0.25) is 0 Å². The summed E-state index contributed by atoms with van der Waals surface area (Å²) in [4.78, 5) is 30.4. The third-order valence-electron chi connectivity index (χ3n) is 5.24. The normalized spacial score (nSPS) is 24.1. The molecule has 2 aliphatic heterocycles. The van der Waals surface area contributed by atoms with Crippen molar-refractivity contribution in [3.63, 3.8) is 0 Å². The quantitative estimate of drug-likeness (QED) is 0.681. The molecule has 28 heavy (non-hydrogen) atoms. The Bertz CT molecular complexity index is 733. The van der Waals surface area contributed by atoms with Crippen molar-refractivity contribution >= 4 is 23.7 Å². The highest BCUT2D eigenvalue weighted by Gasteiger charge is 2.60. The number of esters is 1. The van der Waals surface area contributed by atoms with Crippen LogP contribution in [-0.2, 0) is 23.8 Å². The minimum absolute atomic E-state index is 0.158. The fourth-order valence-electron chi connectivity index (χ4n) is 3.88. The monoisotopic (exact) mass is 413 g/mol. The first-order chi connectivity index (χ1) is 13.5. The van der Waals surface area contributed by atoms with Crippen LogP contribution in [0.5, 0.6) is 5.75 Å². The zero-order valence-corrected chi connectivity index (χ0v) is 16.9. The van der Waals surface area contributed by atoms with Crippen molar-refractivity contribution in [1.29, 1.82) is 0 Å². The second-order valence-electron chi connectivity index (χ2n) is 6.65. The fraction of sp³-hybridized carbons (Fsp3) is 0.579. The van der Waals surface area contributed by atoms with E-state index >= 15 is 0 Å². The van der Waals surface area contributed by atoms with Gasteiger partial charge in [-0.3, -0.25) is 4.79 Å². The lowest BCUT2D eigenvalue weighted by Crippen LogP contribution is -2.51. The molecule has 0 radical (unpaired) electrons. The Kier molecular flexibility index (Phi) is 6.32. The van der Waals surface area contributed by atoms with Crippen molar-refractivity contribution in [3.05, 3.63) is 28.8 Å². The molecule has 2 saturated heterocycles. The van der Waals surface area contributed by atoms with Crippen LogP contribution >= 0.6 is 11.6 Å². The largest absolute Gasteiger partial charge is 0.508 e. The molecule has 2 heterocycles. The molecule has 2 unspecified atom stereocenters. The minimum Gasteiger partial charge on any atom is -0.496 e. The Balaban J connectivity index is 2.01. The molecule has 1 spiro atoms. The number of ether oxygens (including phenoxy) is 4. The van der Waals surface area contributed by atoms with E-state index in [1.165, 1.54) is 7.11 Å². The predicted molar refractivity (Wildman–Crippen MR) is 99.3 cm³/mol. The van der Waals surface area contributed by atoms with Crippen LogP contribution in [0.3, 0.4) is 0 Å². The highest BCUT2D eigenvalue weighted by atomic mass is 35.5. The summed E-state index contributed by atoms with van der Waals surface area (Å²) in [6.45, 7) is 2.89. The van der Waals surface area contributed by atoms with E-state index in [9.17, 15) is 9.59 Å². The number of benzene rings is 1. The maximum Gasteiger partial charge on any atom is 0.508 e.